The molecule has 0 aliphatic carbocycles. The molecule has 1 N–H and O–H groups in total. The van der Waals surface area contributed by atoms with Crippen LogP contribution >= 0.6 is 0 Å². The zero-order chi connectivity index (χ0) is 17.2. The van der Waals surface area contributed by atoms with Crippen molar-refractivity contribution in [1.29, 1.82) is 0 Å². The second-order valence-electron chi connectivity index (χ2n) is 6.58. The molecule has 0 atom stereocenters. The quantitative estimate of drug-likeness (QED) is 0.763. The van der Waals surface area contributed by atoms with Crippen molar-refractivity contribution in [2.24, 2.45) is 5.92 Å². The number of H-pyrrole nitrogens is 1. The Morgan fingerprint density at radius 3 is 2.88 bits per heavy atom. The summed E-state index contributed by atoms with van der Waals surface area (Å²) in [7, 11) is 0. The fourth-order valence-corrected chi connectivity index (χ4v) is 3.20. The van der Waals surface area contributed by atoms with Gasteiger partial charge in [0.05, 0.1) is 17.9 Å². The summed E-state index contributed by atoms with van der Waals surface area (Å²) in [6, 6.07) is 9.21. The largest absolute Gasteiger partial charge is 0.297 e. The summed E-state index contributed by atoms with van der Waals surface area (Å²) < 4.78 is 1.57. The van der Waals surface area contributed by atoms with E-state index in [2.05, 4.69) is 31.2 Å². The van der Waals surface area contributed by atoms with E-state index in [0.29, 0.717) is 12.5 Å². The van der Waals surface area contributed by atoms with Gasteiger partial charge in [0.2, 0.25) is 0 Å². The topological polar surface area (TPSA) is 79.7 Å². The first-order valence-corrected chi connectivity index (χ1v) is 8.39. The van der Waals surface area contributed by atoms with Crippen LogP contribution in [0.25, 0.3) is 11.3 Å². The molecule has 7 nitrogen and oxygen atoms in total. The van der Waals surface area contributed by atoms with E-state index in [1.165, 1.54) is 0 Å². The van der Waals surface area contributed by atoms with Gasteiger partial charge in [-0.15, -0.1) is 0 Å². The van der Waals surface area contributed by atoms with Crippen LogP contribution in [0.5, 0.6) is 0 Å². The molecule has 1 aliphatic heterocycles. The first-order chi connectivity index (χ1) is 12.2. The van der Waals surface area contributed by atoms with E-state index >= 15 is 0 Å². The fourth-order valence-electron chi connectivity index (χ4n) is 3.20. The van der Waals surface area contributed by atoms with Gasteiger partial charge in [0, 0.05) is 55.3 Å². The highest BCUT2D eigenvalue weighted by molar-refractivity contribution is 5.56. The van der Waals surface area contributed by atoms with Crippen molar-refractivity contribution in [3.05, 3.63) is 64.5 Å². The van der Waals surface area contributed by atoms with Crippen LogP contribution in [0, 0.1) is 12.8 Å². The Morgan fingerprint density at radius 2 is 2.16 bits per heavy atom. The minimum Gasteiger partial charge on any atom is -0.297 e. The van der Waals surface area contributed by atoms with Crippen LogP contribution < -0.4 is 5.56 Å². The Hall–Kier alpha value is -2.80. The van der Waals surface area contributed by atoms with Gasteiger partial charge >= 0.3 is 0 Å². The Morgan fingerprint density at radius 1 is 1.28 bits per heavy atom. The number of nitrogens with zero attached hydrogens (tertiary/aromatic N) is 5. The molecule has 0 spiro atoms. The van der Waals surface area contributed by atoms with Crippen LogP contribution in [0.15, 0.2) is 47.5 Å². The number of nitrogens with one attached hydrogen (secondary N) is 1. The van der Waals surface area contributed by atoms with Gasteiger partial charge in [-0.05, 0) is 31.2 Å². The van der Waals surface area contributed by atoms with Crippen molar-refractivity contribution in [2.75, 3.05) is 13.1 Å². The summed E-state index contributed by atoms with van der Waals surface area (Å²) >= 11 is 0. The number of rotatable bonds is 5. The number of likely N-dealkylation sites (tertiary alicyclic amines) is 1. The van der Waals surface area contributed by atoms with E-state index in [1.807, 2.05) is 19.1 Å². The highest BCUT2D eigenvalue weighted by atomic mass is 16.1. The molecule has 25 heavy (non-hydrogen) atoms. The lowest BCUT2D eigenvalue weighted by Crippen LogP contribution is -2.48. The Bertz CT molecular complexity index is 911. The van der Waals surface area contributed by atoms with Crippen molar-refractivity contribution >= 4 is 0 Å². The number of pyridine rings is 1. The van der Waals surface area contributed by atoms with Gasteiger partial charge in [-0.3, -0.25) is 19.8 Å². The Balaban J connectivity index is 1.39. The fraction of sp³-hybridized carbons (Fsp3) is 0.333. The average molecular weight is 336 g/mol. The molecule has 1 aliphatic rings. The lowest BCUT2D eigenvalue weighted by Gasteiger charge is -2.38. The third-order valence-electron chi connectivity index (χ3n) is 4.43. The molecule has 1 saturated heterocycles. The van der Waals surface area contributed by atoms with Gasteiger partial charge in [0.1, 0.15) is 0 Å². The van der Waals surface area contributed by atoms with Crippen LogP contribution in [0.4, 0.5) is 0 Å². The molecule has 3 aromatic heterocycles. The lowest BCUT2D eigenvalue weighted by atomic mass is 10.00. The summed E-state index contributed by atoms with van der Waals surface area (Å²) in [4.78, 5) is 18.6. The van der Waals surface area contributed by atoms with Crippen LogP contribution in [-0.2, 0) is 13.1 Å². The molecule has 0 aromatic carbocycles. The van der Waals surface area contributed by atoms with E-state index in [1.54, 1.807) is 29.2 Å². The normalized spacial score (nSPS) is 15.2. The number of hydrogen-bond acceptors (Lipinski definition) is 5. The van der Waals surface area contributed by atoms with E-state index in [9.17, 15) is 4.79 Å². The maximum absolute atomic E-state index is 12.1. The standard InChI is InChI=1S/C18H20N6O/c1-13-7-16(21-20-13)12-23-9-14(10-23)11-24-18(25)5-4-17(22-24)15-3-2-6-19-8-15/h2-8,14H,9-12H2,1H3,(H,20,21). The van der Waals surface area contributed by atoms with Crippen LogP contribution in [-0.4, -0.2) is 43.0 Å². The van der Waals surface area contributed by atoms with Gasteiger partial charge in [0.25, 0.3) is 5.56 Å². The first kappa shape index (κ1) is 15.7. The zero-order valence-corrected chi connectivity index (χ0v) is 14.1. The van der Waals surface area contributed by atoms with E-state index in [4.69, 9.17) is 0 Å². The average Bonchev–Trinajstić information content (AvgIpc) is 3.00. The van der Waals surface area contributed by atoms with Gasteiger partial charge in [-0.2, -0.15) is 10.2 Å². The molecule has 128 valence electrons. The molecule has 3 aromatic rings. The third-order valence-corrected chi connectivity index (χ3v) is 4.43. The molecule has 4 heterocycles. The second-order valence-corrected chi connectivity index (χ2v) is 6.58. The molecule has 0 unspecified atom stereocenters. The molecule has 0 radical (unpaired) electrons. The predicted octanol–water partition coefficient (Wildman–Crippen LogP) is 1.47. The summed E-state index contributed by atoms with van der Waals surface area (Å²) in [5, 5.41) is 11.7. The van der Waals surface area contributed by atoms with Crippen LogP contribution in [0.2, 0.25) is 0 Å². The van der Waals surface area contributed by atoms with E-state index < -0.39 is 0 Å². The minimum absolute atomic E-state index is 0.0611. The third kappa shape index (κ3) is 3.51. The van der Waals surface area contributed by atoms with Crippen molar-refractivity contribution < 1.29 is 0 Å². The SMILES string of the molecule is Cc1cc(CN2CC(Cn3nc(-c4cccnc4)ccc3=O)C2)n[nH]1. The number of aryl methyl sites for hydroxylation is 1. The minimum atomic E-state index is -0.0611. The van der Waals surface area contributed by atoms with Crippen molar-refractivity contribution in [3.8, 4) is 11.3 Å². The van der Waals surface area contributed by atoms with Crippen LogP contribution in [0.1, 0.15) is 11.4 Å². The smallest absolute Gasteiger partial charge is 0.266 e. The molecule has 4 rings (SSSR count). The maximum atomic E-state index is 12.1. The molecule has 0 saturated carbocycles. The van der Waals surface area contributed by atoms with Crippen molar-refractivity contribution in [1.82, 2.24) is 29.9 Å². The van der Waals surface area contributed by atoms with Gasteiger partial charge in [0.15, 0.2) is 0 Å². The molecular formula is C18H20N6O. The maximum Gasteiger partial charge on any atom is 0.266 e. The monoisotopic (exact) mass is 336 g/mol. The van der Waals surface area contributed by atoms with E-state index in [0.717, 1.165) is 42.3 Å². The first-order valence-electron chi connectivity index (χ1n) is 8.39. The van der Waals surface area contributed by atoms with E-state index in [-0.39, 0.29) is 5.56 Å². The number of aromatic nitrogens is 5. The van der Waals surface area contributed by atoms with Gasteiger partial charge < -0.3 is 0 Å². The molecule has 7 heteroatoms. The Labute approximate surface area is 145 Å². The lowest BCUT2D eigenvalue weighted by molar-refractivity contribution is 0.0755. The van der Waals surface area contributed by atoms with Gasteiger partial charge in [-0.25, -0.2) is 4.68 Å². The van der Waals surface area contributed by atoms with Crippen LogP contribution in [0.3, 0.4) is 0 Å². The Kier molecular flexibility index (Phi) is 4.15. The zero-order valence-electron chi connectivity index (χ0n) is 14.1. The summed E-state index contributed by atoms with van der Waals surface area (Å²) in [5.74, 6) is 0.439. The highest BCUT2D eigenvalue weighted by Crippen LogP contribution is 2.20. The summed E-state index contributed by atoms with van der Waals surface area (Å²) in [6.45, 7) is 5.40. The molecule has 1 fully saturated rings. The number of aromatic amines is 1. The van der Waals surface area contributed by atoms with Crippen molar-refractivity contribution in [2.45, 2.75) is 20.0 Å². The number of hydrogen-bond donors (Lipinski definition) is 1. The molecule has 0 amide bonds. The highest BCUT2D eigenvalue weighted by Gasteiger charge is 2.28. The summed E-state index contributed by atoms with van der Waals surface area (Å²) in [6.07, 6.45) is 3.48. The second kappa shape index (κ2) is 6.60. The van der Waals surface area contributed by atoms with Gasteiger partial charge in [-0.1, -0.05) is 0 Å². The van der Waals surface area contributed by atoms with Crippen molar-refractivity contribution in [3.63, 3.8) is 0 Å². The molecular weight excluding hydrogens is 316 g/mol. The predicted molar refractivity (Wildman–Crippen MR) is 93.8 cm³/mol. The molecule has 0 bridgehead atoms. The summed E-state index contributed by atoms with van der Waals surface area (Å²) in [5.41, 5.74) is 3.77.